The summed E-state index contributed by atoms with van der Waals surface area (Å²) in [5, 5.41) is 0. The number of esters is 1. The quantitative estimate of drug-likeness (QED) is 0.636. The van der Waals surface area contributed by atoms with Gasteiger partial charge in [0.05, 0.1) is 11.5 Å². The molecule has 1 aromatic carbocycles. The van der Waals surface area contributed by atoms with Crippen LogP contribution in [0.5, 0.6) is 5.75 Å². The summed E-state index contributed by atoms with van der Waals surface area (Å²) in [7, 11) is -2.94. The maximum absolute atomic E-state index is 11.8. The van der Waals surface area contributed by atoms with Crippen LogP contribution in [0.1, 0.15) is 39.2 Å². The van der Waals surface area contributed by atoms with E-state index in [-0.39, 0.29) is 35.2 Å². The first-order chi connectivity index (χ1) is 9.66. The van der Waals surface area contributed by atoms with Crippen molar-refractivity contribution in [1.29, 1.82) is 0 Å². The summed E-state index contributed by atoms with van der Waals surface area (Å²) in [6, 6.07) is 7.46. The summed E-state index contributed by atoms with van der Waals surface area (Å²) in [5.74, 6) is 0.335. The molecule has 1 saturated heterocycles. The van der Waals surface area contributed by atoms with Crippen molar-refractivity contribution in [3.05, 3.63) is 29.8 Å². The van der Waals surface area contributed by atoms with Gasteiger partial charge in [-0.3, -0.25) is 4.79 Å². The van der Waals surface area contributed by atoms with Crippen LogP contribution < -0.4 is 4.74 Å². The van der Waals surface area contributed by atoms with E-state index in [0.717, 1.165) is 0 Å². The molecule has 21 heavy (non-hydrogen) atoms. The van der Waals surface area contributed by atoms with Crippen molar-refractivity contribution in [3.8, 4) is 5.75 Å². The fourth-order valence-corrected chi connectivity index (χ4v) is 4.33. The molecule has 1 aliphatic rings. The Balaban J connectivity index is 1.91. The van der Waals surface area contributed by atoms with E-state index in [1.165, 1.54) is 5.56 Å². The molecule has 1 heterocycles. The Bertz CT molecular complexity index is 609. The van der Waals surface area contributed by atoms with Gasteiger partial charge in [-0.15, -0.1) is 0 Å². The zero-order valence-corrected chi connectivity index (χ0v) is 13.6. The van der Waals surface area contributed by atoms with E-state index in [0.29, 0.717) is 12.2 Å². The lowest BCUT2D eigenvalue weighted by Crippen LogP contribution is -2.15. The molecule has 0 spiro atoms. The molecular weight excluding hydrogens is 288 g/mol. The van der Waals surface area contributed by atoms with Crippen LogP contribution >= 0.6 is 0 Å². The van der Waals surface area contributed by atoms with Gasteiger partial charge in [0.2, 0.25) is 0 Å². The van der Waals surface area contributed by atoms with Crippen LogP contribution in [0.2, 0.25) is 0 Å². The lowest BCUT2D eigenvalue weighted by Gasteiger charge is -2.19. The number of rotatable bonds is 3. The van der Waals surface area contributed by atoms with Crippen LogP contribution in [-0.2, 0) is 20.0 Å². The van der Waals surface area contributed by atoms with Crippen LogP contribution in [0, 0.1) is 5.92 Å². The average Bonchev–Trinajstić information content (AvgIpc) is 2.68. The van der Waals surface area contributed by atoms with Gasteiger partial charge in [-0.2, -0.15) is 0 Å². The smallest absolute Gasteiger partial charge is 0.311 e. The van der Waals surface area contributed by atoms with Crippen molar-refractivity contribution in [3.63, 3.8) is 0 Å². The minimum absolute atomic E-state index is 0.0563. The van der Waals surface area contributed by atoms with E-state index in [4.69, 9.17) is 4.74 Å². The van der Waals surface area contributed by atoms with E-state index < -0.39 is 9.84 Å². The third-order valence-corrected chi connectivity index (χ3v) is 5.57. The van der Waals surface area contributed by atoms with Gasteiger partial charge >= 0.3 is 5.97 Å². The largest absolute Gasteiger partial charge is 0.427 e. The third kappa shape index (κ3) is 4.56. The third-order valence-electron chi connectivity index (χ3n) is 3.73. The van der Waals surface area contributed by atoms with Crippen molar-refractivity contribution in [2.24, 2.45) is 5.92 Å². The second-order valence-corrected chi connectivity index (χ2v) is 8.95. The molecule has 0 amide bonds. The maximum Gasteiger partial charge on any atom is 0.311 e. The molecule has 0 bridgehead atoms. The Morgan fingerprint density at radius 3 is 2.33 bits per heavy atom. The predicted molar refractivity (Wildman–Crippen MR) is 82.2 cm³/mol. The predicted octanol–water partition coefficient (Wildman–Crippen LogP) is 2.71. The normalized spacial score (nSPS) is 21.2. The van der Waals surface area contributed by atoms with Crippen LogP contribution in [0.25, 0.3) is 0 Å². The zero-order valence-electron chi connectivity index (χ0n) is 12.8. The number of benzene rings is 1. The van der Waals surface area contributed by atoms with Crippen molar-refractivity contribution in [2.45, 2.75) is 39.0 Å². The van der Waals surface area contributed by atoms with E-state index in [2.05, 4.69) is 20.8 Å². The number of carbonyl (C=O) groups excluding carboxylic acids is 1. The van der Waals surface area contributed by atoms with E-state index >= 15 is 0 Å². The summed E-state index contributed by atoms with van der Waals surface area (Å²) in [6.45, 7) is 6.36. The standard InChI is InChI=1S/C16H22O4S/c1-16(2,3)13-4-6-14(7-5-13)20-15(17)10-12-8-9-21(18,19)11-12/h4-7,12H,8-11H2,1-3H3/t12-/m0/s1. The van der Waals surface area contributed by atoms with Gasteiger partial charge < -0.3 is 4.74 Å². The highest BCUT2D eigenvalue weighted by atomic mass is 32.2. The average molecular weight is 310 g/mol. The van der Waals surface area contributed by atoms with Gasteiger partial charge in [-0.25, -0.2) is 8.42 Å². The zero-order chi connectivity index (χ0) is 15.7. The molecule has 1 aliphatic heterocycles. The Hall–Kier alpha value is -1.36. The molecule has 0 radical (unpaired) electrons. The highest BCUT2D eigenvalue weighted by molar-refractivity contribution is 7.91. The molecule has 5 heteroatoms. The van der Waals surface area contributed by atoms with Crippen LogP contribution in [0.4, 0.5) is 0 Å². The summed E-state index contributed by atoms with van der Waals surface area (Å²) < 4.78 is 28.0. The van der Waals surface area contributed by atoms with Gasteiger partial charge in [0.1, 0.15) is 5.75 Å². The van der Waals surface area contributed by atoms with Crippen LogP contribution in [0.15, 0.2) is 24.3 Å². The molecule has 1 fully saturated rings. The van der Waals surface area contributed by atoms with E-state index in [1.807, 2.05) is 12.1 Å². The number of hydrogen-bond acceptors (Lipinski definition) is 4. The van der Waals surface area contributed by atoms with Gasteiger partial charge in [0, 0.05) is 6.42 Å². The highest BCUT2D eigenvalue weighted by Gasteiger charge is 2.30. The van der Waals surface area contributed by atoms with Crippen molar-refractivity contribution >= 4 is 15.8 Å². The maximum atomic E-state index is 11.8. The Labute approximate surface area is 126 Å². The molecule has 4 nitrogen and oxygen atoms in total. The van der Waals surface area contributed by atoms with Gasteiger partial charge in [-0.1, -0.05) is 32.9 Å². The van der Waals surface area contributed by atoms with Gasteiger partial charge in [0.25, 0.3) is 0 Å². The fourth-order valence-electron chi connectivity index (χ4n) is 2.46. The molecule has 0 aliphatic carbocycles. The molecule has 116 valence electrons. The Morgan fingerprint density at radius 1 is 1.24 bits per heavy atom. The van der Waals surface area contributed by atoms with Crippen molar-refractivity contribution in [1.82, 2.24) is 0 Å². The first kappa shape index (κ1) is 16.0. The lowest BCUT2D eigenvalue weighted by molar-refractivity contribution is -0.135. The molecular formula is C16H22O4S. The summed E-state index contributed by atoms with van der Waals surface area (Å²) >= 11 is 0. The SMILES string of the molecule is CC(C)(C)c1ccc(OC(=O)C[C@@H]2CCS(=O)(=O)C2)cc1. The lowest BCUT2D eigenvalue weighted by atomic mass is 9.87. The van der Waals surface area contributed by atoms with Crippen molar-refractivity contribution in [2.75, 3.05) is 11.5 Å². The Kier molecular flexibility index (Phi) is 4.42. The monoisotopic (exact) mass is 310 g/mol. The molecule has 0 aromatic heterocycles. The molecule has 2 rings (SSSR count). The topological polar surface area (TPSA) is 60.4 Å². The second-order valence-electron chi connectivity index (χ2n) is 6.72. The minimum atomic E-state index is -2.94. The summed E-state index contributed by atoms with van der Waals surface area (Å²) in [6.07, 6.45) is 0.723. The summed E-state index contributed by atoms with van der Waals surface area (Å²) in [5.41, 5.74) is 1.23. The molecule has 0 unspecified atom stereocenters. The first-order valence-electron chi connectivity index (χ1n) is 7.17. The first-order valence-corrected chi connectivity index (χ1v) is 8.99. The van der Waals surface area contributed by atoms with Crippen molar-refractivity contribution < 1.29 is 17.9 Å². The van der Waals surface area contributed by atoms with E-state index in [9.17, 15) is 13.2 Å². The van der Waals surface area contributed by atoms with Crippen LogP contribution in [-0.4, -0.2) is 25.9 Å². The fraction of sp³-hybridized carbons (Fsp3) is 0.562. The molecule has 1 atom stereocenters. The van der Waals surface area contributed by atoms with Gasteiger partial charge in [-0.05, 0) is 35.4 Å². The van der Waals surface area contributed by atoms with Gasteiger partial charge in [0.15, 0.2) is 9.84 Å². The number of carbonyl (C=O) groups is 1. The Morgan fingerprint density at radius 2 is 1.86 bits per heavy atom. The molecule has 0 saturated carbocycles. The van der Waals surface area contributed by atoms with Crippen LogP contribution in [0.3, 0.4) is 0 Å². The number of sulfone groups is 1. The molecule has 0 N–H and O–H groups in total. The number of hydrogen-bond donors (Lipinski definition) is 0. The highest BCUT2D eigenvalue weighted by Crippen LogP contribution is 2.25. The van der Waals surface area contributed by atoms with E-state index in [1.54, 1.807) is 12.1 Å². The summed E-state index contributed by atoms with van der Waals surface area (Å²) in [4.78, 5) is 11.8. The number of ether oxygens (including phenoxy) is 1. The molecule has 1 aromatic rings. The second kappa shape index (κ2) is 5.79. The minimum Gasteiger partial charge on any atom is -0.427 e.